The molecule has 0 saturated heterocycles. The number of anilines is 1. The molecule has 1 aromatic heterocycles. The van der Waals surface area contributed by atoms with Gasteiger partial charge in [0.25, 0.3) is 15.7 Å². The van der Waals surface area contributed by atoms with Crippen molar-refractivity contribution in [3.63, 3.8) is 0 Å². The normalized spacial score (nSPS) is 11.1. The van der Waals surface area contributed by atoms with Crippen molar-refractivity contribution >= 4 is 21.7 Å². The van der Waals surface area contributed by atoms with E-state index in [2.05, 4.69) is 14.7 Å². The first-order valence-corrected chi connectivity index (χ1v) is 11.2. The molecule has 33 heavy (non-hydrogen) atoms. The topological polar surface area (TPSA) is 124 Å². The van der Waals surface area contributed by atoms with Crippen LogP contribution in [0.1, 0.15) is 0 Å². The van der Waals surface area contributed by atoms with Crippen LogP contribution in [0.25, 0.3) is 22.5 Å². The van der Waals surface area contributed by atoms with Gasteiger partial charge in [0.05, 0.1) is 28.3 Å². The highest BCUT2D eigenvalue weighted by atomic mass is 32.2. The number of hydrogen-bond donors (Lipinski definition) is 1. The summed E-state index contributed by atoms with van der Waals surface area (Å²) in [6.07, 6.45) is 0. The molecule has 0 radical (unpaired) electrons. The maximum absolute atomic E-state index is 12.9. The fraction of sp³-hybridized carbons (Fsp3) is 0.0435. The van der Waals surface area contributed by atoms with E-state index in [1.165, 1.54) is 18.2 Å². The van der Waals surface area contributed by atoms with Gasteiger partial charge in [-0.05, 0) is 36.4 Å². The molecule has 0 aliphatic rings. The van der Waals surface area contributed by atoms with Crippen molar-refractivity contribution < 1.29 is 18.1 Å². The summed E-state index contributed by atoms with van der Waals surface area (Å²) in [4.78, 5) is 18.9. The third-order valence-electron chi connectivity index (χ3n) is 4.75. The first-order chi connectivity index (χ1) is 15.9. The highest BCUT2D eigenvalue weighted by Gasteiger charge is 2.20. The zero-order chi connectivity index (χ0) is 23.4. The van der Waals surface area contributed by atoms with Crippen molar-refractivity contribution in [2.24, 2.45) is 0 Å². The number of hydrogen-bond acceptors (Lipinski definition) is 7. The average Bonchev–Trinajstić information content (AvgIpc) is 2.84. The first-order valence-electron chi connectivity index (χ1n) is 9.72. The molecule has 3 aromatic carbocycles. The lowest BCUT2D eigenvalue weighted by Crippen LogP contribution is -2.15. The van der Waals surface area contributed by atoms with Crippen LogP contribution in [0.4, 0.5) is 11.6 Å². The second kappa shape index (κ2) is 9.05. The fourth-order valence-corrected chi connectivity index (χ4v) is 4.09. The van der Waals surface area contributed by atoms with Crippen molar-refractivity contribution in [2.75, 3.05) is 11.8 Å². The van der Waals surface area contributed by atoms with Gasteiger partial charge in [0, 0.05) is 23.3 Å². The van der Waals surface area contributed by atoms with Crippen LogP contribution in [-0.4, -0.2) is 30.4 Å². The van der Waals surface area contributed by atoms with Gasteiger partial charge in [-0.1, -0.05) is 36.4 Å². The molecule has 0 saturated carbocycles. The van der Waals surface area contributed by atoms with Crippen molar-refractivity contribution in [2.45, 2.75) is 4.90 Å². The van der Waals surface area contributed by atoms with Gasteiger partial charge in [-0.25, -0.2) is 23.1 Å². The lowest BCUT2D eigenvalue weighted by Gasteiger charge is -2.11. The summed E-state index contributed by atoms with van der Waals surface area (Å²) < 4.78 is 33.4. The Balaban J connectivity index is 1.78. The maximum atomic E-state index is 12.9. The van der Waals surface area contributed by atoms with Crippen molar-refractivity contribution in [3.05, 3.63) is 95.0 Å². The molecule has 166 valence electrons. The molecule has 0 amide bonds. The average molecular weight is 462 g/mol. The van der Waals surface area contributed by atoms with Gasteiger partial charge in [-0.3, -0.25) is 10.1 Å². The predicted molar refractivity (Wildman–Crippen MR) is 123 cm³/mol. The minimum absolute atomic E-state index is 0.159. The van der Waals surface area contributed by atoms with Crippen LogP contribution >= 0.6 is 0 Å². The lowest BCUT2D eigenvalue weighted by molar-refractivity contribution is -0.385. The van der Waals surface area contributed by atoms with Crippen LogP contribution in [0.3, 0.4) is 0 Å². The monoisotopic (exact) mass is 462 g/mol. The number of ether oxygens (including phenoxy) is 1. The number of benzene rings is 3. The second-order valence-electron chi connectivity index (χ2n) is 6.92. The molecule has 0 unspecified atom stereocenters. The molecule has 4 rings (SSSR count). The first kappa shape index (κ1) is 21.9. The maximum Gasteiger partial charge on any atom is 0.270 e. The number of rotatable bonds is 7. The van der Waals surface area contributed by atoms with Gasteiger partial charge in [0.1, 0.15) is 5.75 Å². The van der Waals surface area contributed by atoms with Crippen molar-refractivity contribution in [1.82, 2.24) is 9.97 Å². The van der Waals surface area contributed by atoms with E-state index in [1.54, 1.807) is 37.4 Å². The summed E-state index contributed by atoms with van der Waals surface area (Å²) in [6.45, 7) is 0. The Bertz CT molecular complexity index is 1410. The number of nitrogens with zero attached hydrogens (tertiary/aromatic N) is 3. The number of nitrogens with one attached hydrogen (secondary N) is 1. The molecular formula is C23H18N4O5S. The summed E-state index contributed by atoms with van der Waals surface area (Å²) >= 11 is 0. The van der Waals surface area contributed by atoms with Crippen LogP contribution < -0.4 is 9.46 Å². The van der Waals surface area contributed by atoms with Gasteiger partial charge >= 0.3 is 0 Å². The number of non-ortho nitro benzene ring substituents is 1. The van der Waals surface area contributed by atoms with Gasteiger partial charge in [0.15, 0.2) is 0 Å². The summed E-state index contributed by atoms with van der Waals surface area (Å²) in [7, 11) is -2.61. The van der Waals surface area contributed by atoms with E-state index in [-0.39, 0.29) is 16.5 Å². The molecule has 1 N–H and O–H groups in total. The fourth-order valence-electron chi connectivity index (χ4n) is 3.10. The quantitative estimate of drug-likeness (QED) is 0.316. The zero-order valence-corrected chi connectivity index (χ0v) is 18.2. The van der Waals surface area contributed by atoms with Crippen LogP contribution in [0.2, 0.25) is 0 Å². The molecule has 0 atom stereocenters. The van der Waals surface area contributed by atoms with E-state index < -0.39 is 14.9 Å². The molecule has 4 aromatic rings. The van der Waals surface area contributed by atoms with Gasteiger partial charge in [-0.2, -0.15) is 0 Å². The third-order valence-corrected chi connectivity index (χ3v) is 6.07. The molecule has 0 aliphatic carbocycles. The highest BCUT2D eigenvalue weighted by molar-refractivity contribution is 7.92. The summed E-state index contributed by atoms with van der Waals surface area (Å²) in [6, 6.07) is 22.9. The Kier molecular flexibility index (Phi) is 6.01. The third kappa shape index (κ3) is 4.96. The second-order valence-corrected chi connectivity index (χ2v) is 8.60. The molecule has 0 fully saturated rings. The Morgan fingerprint density at radius 1 is 0.848 bits per heavy atom. The Morgan fingerprint density at radius 3 is 2.09 bits per heavy atom. The van der Waals surface area contributed by atoms with Crippen LogP contribution in [0.15, 0.2) is 89.8 Å². The molecule has 0 aliphatic heterocycles. The lowest BCUT2D eigenvalue weighted by atomic mass is 10.1. The summed E-state index contributed by atoms with van der Waals surface area (Å²) in [5.74, 6) is 0.511. The van der Waals surface area contributed by atoms with Crippen LogP contribution in [0, 0.1) is 10.1 Å². The summed E-state index contributed by atoms with van der Waals surface area (Å²) in [5, 5.41) is 11.0. The Labute approximate surface area is 189 Å². The number of nitro benzene ring substituents is 1. The smallest absolute Gasteiger partial charge is 0.270 e. The molecule has 0 spiro atoms. The number of sulfonamides is 1. The van der Waals surface area contributed by atoms with Crippen LogP contribution in [0.5, 0.6) is 5.75 Å². The molecule has 9 nitrogen and oxygen atoms in total. The van der Waals surface area contributed by atoms with Crippen molar-refractivity contribution in [1.29, 1.82) is 0 Å². The van der Waals surface area contributed by atoms with Crippen LogP contribution in [-0.2, 0) is 10.0 Å². The van der Waals surface area contributed by atoms with Gasteiger partial charge in [-0.15, -0.1) is 0 Å². The SMILES string of the molecule is COc1ccc(-c2cc(-c3ccccc3)nc(NS(=O)(=O)c3cccc([N+](=O)[O-])c3)n2)cc1. The predicted octanol–water partition coefficient (Wildman–Crippen LogP) is 4.53. The zero-order valence-electron chi connectivity index (χ0n) is 17.4. The van der Waals surface area contributed by atoms with Gasteiger partial charge in [0.2, 0.25) is 5.95 Å². The number of nitro groups is 1. The Morgan fingerprint density at radius 2 is 1.48 bits per heavy atom. The van der Waals surface area contributed by atoms with E-state index in [9.17, 15) is 18.5 Å². The number of aromatic nitrogens is 2. The van der Waals surface area contributed by atoms with E-state index in [1.807, 2.05) is 30.3 Å². The Hall–Kier alpha value is -4.31. The molecule has 1 heterocycles. The highest BCUT2D eigenvalue weighted by Crippen LogP contribution is 2.27. The molecule has 0 bridgehead atoms. The van der Waals surface area contributed by atoms with Gasteiger partial charge < -0.3 is 4.74 Å². The molecular weight excluding hydrogens is 444 g/mol. The van der Waals surface area contributed by atoms with Crippen molar-refractivity contribution in [3.8, 4) is 28.3 Å². The van der Waals surface area contributed by atoms with E-state index in [4.69, 9.17) is 4.74 Å². The number of methoxy groups -OCH3 is 1. The van der Waals surface area contributed by atoms with E-state index in [0.717, 1.165) is 17.2 Å². The molecule has 10 heteroatoms. The van der Waals surface area contributed by atoms with E-state index in [0.29, 0.717) is 17.1 Å². The van der Waals surface area contributed by atoms with E-state index >= 15 is 0 Å². The standard InChI is InChI=1S/C23H18N4O5S/c1-32-19-12-10-17(11-13-19)22-15-21(16-6-3-2-4-7-16)24-23(25-22)26-33(30,31)20-9-5-8-18(14-20)27(28)29/h2-15H,1H3,(H,24,25,26). The largest absolute Gasteiger partial charge is 0.497 e. The summed E-state index contributed by atoms with van der Waals surface area (Å²) in [5.41, 5.74) is 2.16. The minimum atomic E-state index is -4.18. The minimum Gasteiger partial charge on any atom is -0.497 e.